The van der Waals surface area contributed by atoms with Crippen LogP contribution in [-0.4, -0.2) is 6.54 Å². The number of nitrogens with one attached hydrogen (secondary N) is 1. The Balaban J connectivity index is 1.78. The van der Waals surface area contributed by atoms with Gasteiger partial charge in [0, 0.05) is 12.2 Å². The number of hydrogen-bond acceptors (Lipinski definition) is 1. The van der Waals surface area contributed by atoms with Crippen molar-refractivity contribution in [2.45, 2.75) is 39.5 Å². The summed E-state index contributed by atoms with van der Waals surface area (Å²) in [5, 5.41) is 3.59. The van der Waals surface area contributed by atoms with Crippen LogP contribution in [0.15, 0.2) is 36.4 Å². The molecule has 2 aromatic carbocycles. The predicted octanol–water partition coefficient (Wildman–Crippen LogP) is 4.45. The van der Waals surface area contributed by atoms with Gasteiger partial charge in [-0.2, -0.15) is 0 Å². The molecule has 1 aliphatic heterocycles. The molecule has 0 saturated heterocycles. The summed E-state index contributed by atoms with van der Waals surface area (Å²) in [5.41, 5.74) is 8.57. The smallest absolute Gasteiger partial charge is 0.0405 e. The Kier molecular flexibility index (Phi) is 3.77. The Morgan fingerprint density at radius 2 is 1.80 bits per heavy atom. The van der Waals surface area contributed by atoms with Crippen molar-refractivity contribution in [3.63, 3.8) is 0 Å². The molecule has 0 radical (unpaired) electrons. The topological polar surface area (TPSA) is 12.0 Å². The van der Waals surface area contributed by atoms with Gasteiger partial charge in [-0.1, -0.05) is 47.5 Å². The summed E-state index contributed by atoms with van der Waals surface area (Å²) < 4.78 is 0. The molecule has 0 spiro atoms. The molecule has 1 N–H and O–H groups in total. The van der Waals surface area contributed by atoms with E-state index in [0.717, 1.165) is 19.4 Å². The molecule has 1 heteroatoms. The number of benzene rings is 2. The Labute approximate surface area is 122 Å². The van der Waals surface area contributed by atoms with E-state index in [2.05, 4.69) is 55.6 Å². The molecule has 0 fully saturated rings. The van der Waals surface area contributed by atoms with Crippen molar-refractivity contribution in [1.82, 2.24) is 0 Å². The fraction of sp³-hybridized carbons (Fsp3) is 0.368. The lowest BCUT2D eigenvalue weighted by Crippen LogP contribution is -2.14. The minimum absolute atomic E-state index is 1.12. The molecule has 0 amide bonds. The summed E-state index contributed by atoms with van der Waals surface area (Å²) in [6, 6.07) is 13.6. The third kappa shape index (κ3) is 2.87. The first-order valence-corrected chi connectivity index (χ1v) is 7.64. The van der Waals surface area contributed by atoms with Gasteiger partial charge in [0.25, 0.3) is 0 Å². The van der Waals surface area contributed by atoms with Crippen molar-refractivity contribution >= 4 is 5.69 Å². The highest BCUT2D eigenvalue weighted by molar-refractivity contribution is 5.59. The fourth-order valence-corrected chi connectivity index (χ4v) is 3.28. The molecule has 0 aromatic heterocycles. The molecule has 3 rings (SSSR count). The average Bonchev–Trinajstić information content (AvgIpc) is 2.44. The number of anilines is 1. The standard InChI is InChI=1S/C19H23N/c1-14-11-15(2)13-16(12-14)8-9-18-6-3-5-17-7-4-10-20-19(17)18/h3,5-6,11-13,20H,4,7-10H2,1-2H3. The Morgan fingerprint density at radius 3 is 2.60 bits per heavy atom. The largest absolute Gasteiger partial charge is 0.385 e. The van der Waals surface area contributed by atoms with E-state index in [0.29, 0.717) is 0 Å². The van der Waals surface area contributed by atoms with Gasteiger partial charge < -0.3 is 5.32 Å². The highest BCUT2D eigenvalue weighted by Gasteiger charge is 2.12. The molecule has 1 nitrogen and oxygen atoms in total. The van der Waals surface area contributed by atoms with Crippen LogP contribution in [0.4, 0.5) is 5.69 Å². The summed E-state index contributed by atoms with van der Waals surface area (Å²) in [7, 11) is 0. The van der Waals surface area contributed by atoms with Crippen molar-refractivity contribution in [3.8, 4) is 0 Å². The van der Waals surface area contributed by atoms with E-state index in [1.807, 2.05) is 0 Å². The zero-order valence-corrected chi connectivity index (χ0v) is 12.5. The molecule has 1 heterocycles. The van der Waals surface area contributed by atoms with Gasteiger partial charge in [-0.15, -0.1) is 0 Å². The minimum atomic E-state index is 1.12. The van der Waals surface area contributed by atoms with Gasteiger partial charge >= 0.3 is 0 Å². The lowest BCUT2D eigenvalue weighted by Gasteiger charge is -2.21. The lowest BCUT2D eigenvalue weighted by molar-refractivity contribution is 0.820. The van der Waals surface area contributed by atoms with Gasteiger partial charge in [0.2, 0.25) is 0 Å². The van der Waals surface area contributed by atoms with E-state index in [-0.39, 0.29) is 0 Å². The van der Waals surface area contributed by atoms with Crippen LogP contribution in [0.5, 0.6) is 0 Å². The summed E-state index contributed by atoms with van der Waals surface area (Å²) in [6.07, 6.45) is 4.73. The van der Waals surface area contributed by atoms with Crippen molar-refractivity contribution < 1.29 is 0 Å². The van der Waals surface area contributed by atoms with Crippen LogP contribution < -0.4 is 5.32 Å². The summed E-state index contributed by atoms with van der Waals surface area (Å²) in [6.45, 7) is 5.48. The van der Waals surface area contributed by atoms with Crippen LogP contribution in [-0.2, 0) is 19.3 Å². The Hall–Kier alpha value is -1.76. The zero-order valence-electron chi connectivity index (χ0n) is 12.5. The number of fused-ring (bicyclic) bond motifs is 1. The van der Waals surface area contributed by atoms with E-state index in [1.165, 1.54) is 46.3 Å². The van der Waals surface area contributed by atoms with E-state index in [1.54, 1.807) is 0 Å². The Bertz CT molecular complexity index is 593. The molecular weight excluding hydrogens is 242 g/mol. The number of aryl methyl sites for hydroxylation is 5. The second-order valence-corrected chi connectivity index (χ2v) is 5.98. The quantitative estimate of drug-likeness (QED) is 0.864. The van der Waals surface area contributed by atoms with Gasteiger partial charge in [0.1, 0.15) is 0 Å². The van der Waals surface area contributed by atoms with Crippen LogP contribution in [0.1, 0.15) is 34.2 Å². The second-order valence-electron chi connectivity index (χ2n) is 5.98. The van der Waals surface area contributed by atoms with Crippen molar-refractivity contribution in [2.24, 2.45) is 0 Å². The molecular formula is C19H23N. The van der Waals surface area contributed by atoms with Gasteiger partial charge in [0.05, 0.1) is 0 Å². The van der Waals surface area contributed by atoms with Gasteiger partial charge in [-0.3, -0.25) is 0 Å². The molecule has 0 unspecified atom stereocenters. The highest BCUT2D eigenvalue weighted by Crippen LogP contribution is 2.27. The number of rotatable bonds is 3. The molecule has 2 aromatic rings. The monoisotopic (exact) mass is 265 g/mol. The molecule has 0 saturated carbocycles. The molecule has 0 bridgehead atoms. The third-order valence-electron chi connectivity index (χ3n) is 4.13. The van der Waals surface area contributed by atoms with E-state index in [4.69, 9.17) is 0 Å². The second kappa shape index (κ2) is 5.70. The van der Waals surface area contributed by atoms with E-state index in [9.17, 15) is 0 Å². The number of hydrogen-bond donors (Lipinski definition) is 1. The van der Waals surface area contributed by atoms with Crippen LogP contribution in [0.3, 0.4) is 0 Å². The van der Waals surface area contributed by atoms with Gasteiger partial charge in [0.15, 0.2) is 0 Å². The average molecular weight is 265 g/mol. The fourth-order valence-electron chi connectivity index (χ4n) is 3.28. The minimum Gasteiger partial charge on any atom is -0.385 e. The molecule has 20 heavy (non-hydrogen) atoms. The first-order chi connectivity index (χ1) is 9.72. The summed E-state index contributed by atoms with van der Waals surface area (Å²) >= 11 is 0. The number of para-hydroxylation sites is 1. The Morgan fingerprint density at radius 1 is 1.00 bits per heavy atom. The van der Waals surface area contributed by atoms with E-state index >= 15 is 0 Å². The van der Waals surface area contributed by atoms with Gasteiger partial charge in [-0.25, -0.2) is 0 Å². The first-order valence-electron chi connectivity index (χ1n) is 7.64. The maximum absolute atomic E-state index is 3.59. The SMILES string of the molecule is Cc1cc(C)cc(CCc2cccc3c2NCCC3)c1. The van der Waals surface area contributed by atoms with Crippen LogP contribution in [0, 0.1) is 13.8 Å². The normalized spacial score (nSPS) is 13.7. The van der Waals surface area contributed by atoms with Crippen LogP contribution in [0.25, 0.3) is 0 Å². The summed E-state index contributed by atoms with van der Waals surface area (Å²) in [5.74, 6) is 0. The van der Waals surface area contributed by atoms with Crippen molar-refractivity contribution in [1.29, 1.82) is 0 Å². The molecule has 0 aliphatic carbocycles. The molecule has 1 aliphatic rings. The third-order valence-corrected chi connectivity index (χ3v) is 4.13. The maximum atomic E-state index is 3.59. The zero-order chi connectivity index (χ0) is 13.9. The molecule has 104 valence electrons. The predicted molar refractivity (Wildman–Crippen MR) is 86.6 cm³/mol. The highest BCUT2D eigenvalue weighted by atomic mass is 14.9. The van der Waals surface area contributed by atoms with Crippen LogP contribution >= 0.6 is 0 Å². The first kappa shape index (κ1) is 13.2. The lowest BCUT2D eigenvalue weighted by atomic mass is 9.95. The van der Waals surface area contributed by atoms with Crippen molar-refractivity contribution in [3.05, 3.63) is 64.2 Å². The van der Waals surface area contributed by atoms with Crippen LogP contribution in [0.2, 0.25) is 0 Å². The van der Waals surface area contributed by atoms with Gasteiger partial charge in [-0.05, 0) is 56.2 Å². The molecule has 0 atom stereocenters. The summed E-state index contributed by atoms with van der Waals surface area (Å²) in [4.78, 5) is 0. The van der Waals surface area contributed by atoms with E-state index < -0.39 is 0 Å². The van der Waals surface area contributed by atoms with Crippen molar-refractivity contribution in [2.75, 3.05) is 11.9 Å². The maximum Gasteiger partial charge on any atom is 0.0405 e.